The highest BCUT2D eigenvalue weighted by atomic mass is 79.9. The Balaban J connectivity index is 2.05. The predicted octanol–water partition coefficient (Wildman–Crippen LogP) is 2.99. The largest absolute Gasteiger partial charge is 0.337 e. The second-order valence-electron chi connectivity index (χ2n) is 6.18. The SMILES string of the molecule is CC(C)(C)NCC1CCCCN1c1ncc(Br)cn1. The van der Waals surface area contributed by atoms with Gasteiger partial charge in [0.15, 0.2) is 0 Å². The van der Waals surface area contributed by atoms with Gasteiger partial charge in [-0.05, 0) is 56.0 Å². The molecule has 1 N–H and O–H groups in total. The van der Waals surface area contributed by atoms with E-state index in [4.69, 9.17) is 0 Å². The van der Waals surface area contributed by atoms with Crippen molar-refractivity contribution in [1.29, 1.82) is 0 Å². The molecule has 19 heavy (non-hydrogen) atoms. The summed E-state index contributed by atoms with van der Waals surface area (Å²) in [4.78, 5) is 11.2. The van der Waals surface area contributed by atoms with Crippen molar-refractivity contribution in [3.8, 4) is 0 Å². The maximum atomic E-state index is 4.44. The van der Waals surface area contributed by atoms with Gasteiger partial charge in [-0.15, -0.1) is 0 Å². The van der Waals surface area contributed by atoms with E-state index in [1.165, 1.54) is 19.3 Å². The van der Waals surface area contributed by atoms with Crippen LogP contribution in [-0.2, 0) is 0 Å². The number of nitrogens with zero attached hydrogens (tertiary/aromatic N) is 3. The number of aromatic nitrogens is 2. The van der Waals surface area contributed by atoms with Crippen LogP contribution in [0.2, 0.25) is 0 Å². The Labute approximate surface area is 124 Å². The van der Waals surface area contributed by atoms with Crippen LogP contribution >= 0.6 is 15.9 Å². The van der Waals surface area contributed by atoms with Gasteiger partial charge in [-0.1, -0.05) is 0 Å². The number of anilines is 1. The summed E-state index contributed by atoms with van der Waals surface area (Å²) in [6.07, 6.45) is 7.38. The van der Waals surface area contributed by atoms with Gasteiger partial charge in [0.2, 0.25) is 5.95 Å². The number of hydrogen-bond donors (Lipinski definition) is 1. The monoisotopic (exact) mass is 326 g/mol. The zero-order valence-corrected chi connectivity index (χ0v) is 13.6. The van der Waals surface area contributed by atoms with E-state index >= 15 is 0 Å². The van der Waals surface area contributed by atoms with E-state index in [0.29, 0.717) is 6.04 Å². The van der Waals surface area contributed by atoms with Crippen LogP contribution < -0.4 is 10.2 Å². The zero-order chi connectivity index (χ0) is 13.9. The third-order valence-electron chi connectivity index (χ3n) is 3.36. The molecule has 0 aromatic carbocycles. The van der Waals surface area contributed by atoms with Crippen LogP contribution in [0.5, 0.6) is 0 Å². The summed E-state index contributed by atoms with van der Waals surface area (Å²) in [6, 6.07) is 0.495. The average molecular weight is 327 g/mol. The van der Waals surface area contributed by atoms with E-state index in [2.05, 4.69) is 56.9 Å². The third kappa shape index (κ3) is 4.42. The second kappa shape index (κ2) is 6.18. The summed E-state index contributed by atoms with van der Waals surface area (Å²) in [7, 11) is 0. The molecule has 5 heteroatoms. The average Bonchev–Trinajstić information content (AvgIpc) is 2.37. The van der Waals surface area contributed by atoms with Crippen molar-refractivity contribution in [2.24, 2.45) is 0 Å². The number of nitrogens with one attached hydrogen (secondary N) is 1. The first kappa shape index (κ1) is 14.7. The number of hydrogen-bond acceptors (Lipinski definition) is 4. The fourth-order valence-corrected chi connectivity index (χ4v) is 2.56. The Hall–Kier alpha value is -0.680. The van der Waals surface area contributed by atoms with Gasteiger partial charge in [0, 0.05) is 37.1 Å². The number of rotatable bonds is 3. The lowest BCUT2D eigenvalue weighted by Gasteiger charge is -2.37. The molecular formula is C14H23BrN4. The van der Waals surface area contributed by atoms with Crippen molar-refractivity contribution >= 4 is 21.9 Å². The highest BCUT2D eigenvalue weighted by molar-refractivity contribution is 9.10. The van der Waals surface area contributed by atoms with Gasteiger partial charge in [-0.3, -0.25) is 0 Å². The summed E-state index contributed by atoms with van der Waals surface area (Å²) >= 11 is 3.39. The summed E-state index contributed by atoms with van der Waals surface area (Å²) in [5, 5.41) is 3.60. The molecule has 0 amide bonds. The molecule has 1 aliphatic rings. The summed E-state index contributed by atoms with van der Waals surface area (Å²) in [6.45, 7) is 8.66. The molecule has 2 rings (SSSR count). The van der Waals surface area contributed by atoms with Crippen molar-refractivity contribution < 1.29 is 0 Å². The Morgan fingerprint density at radius 3 is 2.63 bits per heavy atom. The minimum atomic E-state index is 0.156. The van der Waals surface area contributed by atoms with Crippen LogP contribution in [0.1, 0.15) is 40.0 Å². The van der Waals surface area contributed by atoms with E-state index in [0.717, 1.165) is 23.5 Å². The van der Waals surface area contributed by atoms with Crippen molar-refractivity contribution in [3.05, 3.63) is 16.9 Å². The van der Waals surface area contributed by atoms with Crippen LogP contribution in [0.25, 0.3) is 0 Å². The van der Waals surface area contributed by atoms with Gasteiger partial charge >= 0.3 is 0 Å². The molecule has 1 aliphatic heterocycles. The molecule has 1 aromatic heterocycles. The van der Waals surface area contributed by atoms with E-state index in [1.54, 1.807) is 0 Å². The van der Waals surface area contributed by atoms with E-state index in [-0.39, 0.29) is 5.54 Å². The van der Waals surface area contributed by atoms with Gasteiger partial charge in [-0.2, -0.15) is 0 Å². The Morgan fingerprint density at radius 2 is 2.00 bits per heavy atom. The predicted molar refractivity (Wildman–Crippen MR) is 82.5 cm³/mol. The highest BCUT2D eigenvalue weighted by Crippen LogP contribution is 2.22. The van der Waals surface area contributed by atoms with Crippen LogP contribution in [0.3, 0.4) is 0 Å². The lowest BCUT2D eigenvalue weighted by molar-refractivity contribution is 0.364. The number of halogens is 1. The lowest BCUT2D eigenvalue weighted by atomic mass is 10.0. The molecule has 0 aliphatic carbocycles. The van der Waals surface area contributed by atoms with Crippen molar-refractivity contribution in [1.82, 2.24) is 15.3 Å². The van der Waals surface area contributed by atoms with E-state index < -0.39 is 0 Å². The van der Waals surface area contributed by atoms with Gasteiger partial charge in [0.1, 0.15) is 0 Å². The summed E-state index contributed by atoms with van der Waals surface area (Å²) in [5.41, 5.74) is 0.156. The second-order valence-corrected chi connectivity index (χ2v) is 7.09. The van der Waals surface area contributed by atoms with Gasteiger partial charge in [0.25, 0.3) is 0 Å². The molecule has 106 valence electrons. The fraction of sp³-hybridized carbons (Fsp3) is 0.714. The molecule has 0 saturated carbocycles. The van der Waals surface area contributed by atoms with Crippen LogP contribution in [0.15, 0.2) is 16.9 Å². The normalized spacial score (nSPS) is 20.6. The smallest absolute Gasteiger partial charge is 0.225 e. The van der Waals surface area contributed by atoms with Crippen LogP contribution in [-0.4, -0.2) is 34.6 Å². The molecule has 1 fully saturated rings. The Bertz CT molecular complexity index is 399. The van der Waals surface area contributed by atoms with Crippen LogP contribution in [0, 0.1) is 0 Å². The first-order valence-electron chi connectivity index (χ1n) is 6.95. The summed E-state index contributed by atoms with van der Waals surface area (Å²) < 4.78 is 0.928. The molecular weight excluding hydrogens is 304 g/mol. The highest BCUT2D eigenvalue weighted by Gasteiger charge is 2.25. The quantitative estimate of drug-likeness (QED) is 0.927. The van der Waals surface area contributed by atoms with Crippen molar-refractivity contribution in [3.63, 3.8) is 0 Å². The molecule has 1 atom stereocenters. The van der Waals surface area contributed by atoms with Gasteiger partial charge in [-0.25, -0.2) is 9.97 Å². The molecule has 1 aromatic rings. The van der Waals surface area contributed by atoms with Crippen molar-refractivity contribution in [2.75, 3.05) is 18.0 Å². The summed E-state index contributed by atoms with van der Waals surface area (Å²) in [5.74, 6) is 0.851. The standard InChI is InChI=1S/C14H23BrN4/c1-14(2,3)18-10-12-6-4-5-7-19(12)13-16-8-11(15)9-17-13/h8-9,12,18H,4-7,10H2,1-3H3. The van der Waals surface area contributed by atoms with Crippen LogP contribution in [0.4, 0.5) is 5.95 Å². The minimum Gasteiger partial charge on any atom is -0.337 e. The minimum absolute atomic E-state index is 0.156. The van der Waals surface area contributed by atoms with Gasteiger partial charge in [0.05, 0.1) is 4.47 Å². The number of piperidine rings is 1. The fourth-order valence-electron chi connectivity index (χ4n) is 2.35. The topological polar surface area (TPSA) is 41.0 Å². The molecule has 0 radical (unpaired) electrons. The molecule has 2 heterocycles. The first-order valence-corrected chi connectivity index (χ1v) is 7.74. The maximum absolute atomic E-state index is 4.44. The lowest BCUT2D eigenvalue weighted by Crippen LogP contribution is -2.50. The maximum Gasteiger partial charge on any atom is 0.225 e. The van der Waals surface area contributed by atoms with E-state index in [9.17, 15) is 0 Å². The molecule has 0 spiro atoms. The first-order chi connectivity index (χ1) is 8.96. The van der Waals surface area contributed by atoms with Crippen molar-refractivity contribution in [2.45, 2.75) is 51.6 Å². The molecule has 0 bridgehead atoms. The van der Waals surface area contributed by atoms with E-state index in [1.807, 2.05) is 12.4 Å². The third-order valence-corrected chi connectivity index (χ3v) is 3.77. The Morgan fingerprint density at radius 1 is 1.32 bits per heavy atom. The Kier molecular flexibility index (Phi) is 4.79. The van der Waals surface area contributed by atoms with Gasteiger partial charge < -0.3 is 10.2 Å². The zero-order valence-electron chi connectivity index (χ0n) is 12.0. The molecule has 4 nitrogen and oxygen atoms in total. The molecule has 1 unspecified atom stereocenters. The molecule has 1 saturated heterocycles.